The van der Waals surface area contributed by atoms with Crippen molar-refractivity contribution in [3.63, 3.8) is 0 Å². The first-order chi connectivity index (χ1) is 9.14. The fourth-order valence-electron chi connectivity index (χ4n) is 1.71. The maximum Gasteiger partial charge on any atom is 0.313 e. The van der Waals surface area contributed by atoms with E-state index in [9.17, 15) is 9.90 Å². The van der Waals surface area contributed by atoms with Crippen LogP contribution < -0.4 is 0 Å². The van der Waals surface area contributed by atoms with Crippen LogP contribution in [0.5, 0.6) is 0 Å². The highest BCUT2D eigenvalue weighted by Gasteiger charge is 2.37. The monoisotopic (exact) mass is 256 g/mol. The average molecular weight is 256 g/mol. The number of terminal acetylenes is 2. The molecule has 0 amide bonds. The van der Waals surface area contributed by atoms with Crippen molar-refractivity contribution in [1.29, 1.82) is 0 Å². The summed E-state index contributed by atoms with van der Waals surface area (Å²) in [6, 6.07) is 9.51. The van der Waals surface area contributed by atoms with E-state index in [1.807, 2.05) is 30.3 Å². The van der Waals surface area contributed by atoms with Crippen LogP contribution in [0.2, 0.25) is 0 Å². The van der Waals surface area contributed by atoms with Gasteiger partial charge in [0.05, 0.1) is 13.2 Å². The fraction of sp³-hybridized carbons (Fsp3) is 0.312. The van der Waals surface area contributed by atoms with E-state index in [0.717, 1.165) is 5.56 Å². The van der Waals surface area contributed by atoms with Crippen molar-refractivity contribution in [2.45, 2.75) is 19.4 Å². The molecular formula is C16H16O3. The number of carbonyl (C=O) groups is 1. The highest BCUT2D eigenvalue weighted by molar-refractivity contribution is 5.75. The molecule has 0 bridgehead atoms. The summed E-state index contributed by atoms with van der Waals surface area (Å²) in [5, 5.41) is 9.31. The Morgan fingerprint density at radius 1 is 1.21 bits per heavy atom. The van der Waals surface area contributed by atoms with Crippen molar-refractivity contribution in [2.24, 2.45) is 5.41 Å². The SMILES string of the molecule is C#CCC(CC#C)(COCc1ccccc1)C(=O)O. The standard InChI is InChI=1S/C16H16O3/c1-3-10-16(11-4-2,15(17)18)13-19-12-14-8-6-5-7-9-14/h1-2,5-9H,10-13H2,(H,17,18). The van der Waals surface area contributed by atoms with Gasteiger partial charge in [-0.1, -0.05) is 30.3 Å². The van der Waals surface area contributed by atoms with Crippen molar-refractivity contribution < 1.29 is 14.6 Å². The predicted molar refractivity (Wildman–Crippen MR) is 73.1 cm³/mol. The molecule has 1 aromatic rings. The third kappa shape index (κ3) is 4.17. The Bertz CT molecular complexity index is 475. The van der Waals surface area contributed by atoms with Crippen molar-refractivity contribution in [3.8, 4) is 24.7 Å². The number of hydrogen-bond acceptors (Lipinski definition) is 2. The fourth-order valence-corrected chi connectivity index (χ4v) is 1.71. The summed E-state index contributed by atoms with van der Waals surface area (Å²) in [6.45, 7) is 0.344. The van der Waals surface area contributed by atoms with Gasteiger partial charge in [-0.3, -0.25) is 4.79 Å². The lowest BCUT2D eigenvalue weighted by molar-refractivity contribution is -0.152. The quantitative estimate of drug-likeness (QED) is 0.761. The molecule has 19 heavy (non-hydrogen) atoms. The van der Waals surface area contributed by atoms with Gasteiger partial charge in [-0.2, -0.15) is 0 Å². The zero-order valence-corrected chi connectivity index (χ0v) is 10.6. The number of ether oxygens (including phenoxy) is 1. The molecule has 0 unspecified atom stereocenters. The summed E-state index contributed by atoms with van der Waals surface area (Å²) < 4.78 is 5.48. The molecule has 3 nitrogen and oxygen atoms in total. The van der Waals surface area contributed by atoms with E-state index in [-0.39, 0.29) is 19.4 Å². The summed E-state index contributed by atoms with van der Waals surface area (Å²) in [4.78, 5) is 11.4. The van der Waals surface area contributed by atoms with Gasteiger partial charge in [0.25, 0.3) is 0 Å². The van der Waals surface area contributed by atoms with Gasteiger partial charge in [0.15, 0.2) is 0 Å². The Morgan fingerprint density at radius 3 is 2.26 bits per heavy atom. The largest absolute Gasteiger partial charge is 0.481 e. The van der Waals surface area contributed by atoms with Crippen LogP contribution in [-0.2, 0) is 16.1 Å². The lowest BCUT2D eigenvalue weighted by atomic mass is 9.82. The van der Waals surface area contributed by atoms with E-state index in [1.165, 1.54) is 0 Å². The zero-order valence-electron chi connectivity index (χ0n) is 10.6. The third-order valence-corrected chi connectivity index (χ3v) is 2.82. The Hall–Kier alpha value is -2.23. The van der Waals surface area contributed by atoms with Crippen molar-refractivity contribution in [3.05, 3.63) is 35.9 Å². The van der Waals surface area contributed by atoms with Crippen LogP contribution in [0.25, 0.3) is 0 Å². The molecule has 0 radical (unpaired) electrons. The minimum atomic E-state index is -1.20. The summed E-state index contributed by atoms with van der Waals surface area (Å²) in [5.41, 5.74) is -0.221. The van der Waals surface area contributed by atoms with E-state index in [1.54, 1.807) is 0 Å². The number of hydrogen-bond donors (Lipinski definition) is 1. The molecule has 0 heterocycles. The first-order valence-corrected chi connectivity index (χ1v) is 5.86. The summed E-state index contributed by atoms with van der Waals surface area (Å²) >= 11 is 0. The number of benzene rings is 1. The molecule has 0 aliphatic carbocycles. The molecule has 3 heteroatoms. The Morgan fingerprint density at radius 2 is 1.79 bits per heavy atom. The molecule has 0 fully saturated rings. The molecule has 0 aliphatic rings. The average Bonchev–Trinajstić information content (AvgIpc) is 2.40. The van der Waals surface area contributed by atoms with E-state index in [2.05, 4.69) is 11.8 Å². The number of aliphatic carboxylic acids is 1. The Kier molecular flexibility index (Phi) is 5.67. The van der Waals surface area contributed by atoms with Gasteiger partial charge in [0.2, 0.25) is 0 Å². The highest BCUT2D eigenvalue weighted by Crippen LogP contribution is 2.27. The Balaban J connectivity index is 2.66. The molecular weight excluding hydrogens is 240 g/mol. The summed E-state index contributed by atoms with van der Waals surface area (Å²) in [7, 11) is 0. The first-order valence-electron chi connectivity index (χ1n) is 5.86. The number of carboxylic acid groups (broad SMARTS) is 1. The minimum Gasteiger partial charge on any atom is -0.481 e. The van der Waals surface area contributed by atoms with Gasteiger partial charge < -0.3 is 9.84 Å². The molecule has 98 valence electrons. The maximum absolute atomic E-state index is 11.4. The lowest BCUT2D eigenvalue weighted by Gasteiger charge is -2.25. The van der Waals surface area contributed by atoms with Gasteiger partial charge in [0, 0.05) is 12.8 Å². The van der Waals surface area contributed by atoms with Crippen LogP contribution in [0.1, 0.15) is 18.4 Å². The van der Waals surface area contributed by atoms with E-state index >= 15 is 0 Å². The second kappa shape index (κ2) is 7.26. The second-order valence-electron chi connectivity index (χ2n) is 4.33. The molecule has 0 spiro atoms. The van der Waals surface area contributed by atoms with Gasteiger partial charge in [-0.15, -0.1) is 24.7 Å². The Labute approximate surface area is 113 Å². The molecule has 1 N–H and O–H groups in total. The predicted octanol–water partition coefficient (Wildman–Crippen LogP) is 2.32. The van der Waals surface area contributed by atoms with Gasteiger partial charge in [0.1, 0.15) is 5.41 Å². The molecule has 1 rings (SSSR count). The topological polar surface area (TPSA) is 46.5 Å². The molecule has 0 atom stereocenters. The maximum atomic E-state index is 11.4. The molecule has 0 aliphatic heterocycles. The van der Waals surface area contributed by atoms with E-state index in [4.69, 9.17) is 17.6 Å². The van der Waals surface area contributed by atoms with Crippen molar-refractivity contribution >= 4 is 5.97 Å². The lowest BCUT2D eigenvalue weighted by Crippen LogP contribution is -2.35. The van der Waals surface area contributed by atoms with Crippen LogP contribution in [0.3, 0.4) is 0 Å². The number of carboxylic acids is 1. The van der Waals surface area contributed by atoms with Crippen molar-refractivity contribution in [2.75, 3.05) is 6.61 Å². The van der Waals surface area contributed by atoms with Crippen LogP contribution >= 0.6 is 0 Å². The summed E-state index contributed by atoms with van der Waals surface area (Å²) in [6.07, 6.45) is 10.6. The third-order valence-electron chi connectivity index (χ3n) is 2.82. The zero-order chi connectivity index (χ0) is 14.1. The van der Waals surface area contributed by atoms with Gasteiger partial charge >= 0.3 is 5.97 Å². The van der Waals surface area contributed by atoms with Crippen LogP contribution in [0.4, 0.5) is 0 Å². The van der Waals surface area contributed by atoms with E-state index in [0.29, 0.717) is 6.61 Å². The van der Waals surface area contributed by atoms with Crippen LogP contribution in [0, 0.1) is 30.1 Å². The first kappa shape index (κ1) is 14.8. The van der Waals surface area contributed by atoms with Crippen LogP contribution in [0.15, 0.2) is 30.3 Å². The second-order valence-corrected chi connectivity index (χ2v) is 4.33. The molecule has 0 aromatic heterocycles. The summed E-state index contributed by atoms with van der Waals surface area (Å²) in [5.74, 6) is 3.72. The molecule has 0 saturated carbocycles. The number of rotatable bonds is 7. The molecule has 1 aromatic carbocycles. The van der Waals surface area contributed by atoms with Crippen molar-refractivity contribution in [1.82, 2.24) is 0 Å². The smallest absolute Gasteiger partial charge is 0.313 e. The molecule has 0 saturated heterocycles. The van der Waals surface area contributed by atoms with Crippen LogP contribution in [-0.4, -0.2) is 17.7 Å². The van der Waals surface area contributed by atoms with E-state index < -0.39 is 11.4 Å². The van der Waals surface area contributed by atoms with Gasteiger partial charge in [-0.25, -0.2) is 0 Å². The normalized spacial score (nSPS) is 10.4. The highest BCUT2D eigenvalue weighted by atomic mass is 16.5. The minimum absolute atomic E-state index is 0.00558. The van der Waals surface area contributed by atoms with Gasteiger partial charge in [-0.05, 0) is 5.56 Å².